The molecule has 9 heteroatoms. The van der Waals surface area contributed by atoms with Gasteiger partial charge in [-0.05, 0) is 31.0 Å². The molecule has 0 spiro atoms. The molecule has 0 aliphatic carbocycles. The van der Waals surface area contributed by atoms with Gasteiger partial charge in [0.15, 0.2) is 5.65 Å². The van der Waals surface area contributed by atoms with Gasteiger partial charge in [-0.1, -0.05) is 17.3 Å². The number of aromatic nitrogens is 6. The number of fused-ring (bicyclic) bond motifs is 2. The molecule has 4 aromatic rings. The van der Waals surface area contributed by atoms with Crippen LogP contribution in [-0.4, -0.2) is 55.2 Å². The topological polar surface area (TPSA) is 99.8 Å². The van der Waals surface area contributed by atoms with Crippen LogP contribution in [0.3, 0.4) is 0 Å². The van der Waals surface area contributed by atoms with Crippen molar-refractivity contribution in [1.82, 2.24) is 34.8 Å². The van der Waals surface area contributed by atoms with Crippen molar-refractivity contribution in [2.75, 3.05) is 19.8 Å². The number of carbonyl (C=O) groups is 1. The van der Waals surface area contributed by atoms with Gasteiger partial charge < -0.3 is 14.6 Å². The molecule has 0 radical (unpaired) electrons. The zero-order valence-corrected chi connectivity index (χ0v) is 15.9. The summed E-state index contributed by atoms with van der Waals surface area (Å²) >= 11 is 0. The van der Waals surface area contributed by atoms with E-state index in [1.165, 1.54) is 0 Å². The smallest absolute Gasteiger partial charge is 0.252 e. The van der Waals surface area contributed by atoms with Gasteiger partial charge in [0.05, 0.1) is 24.0 Å². The first kappa shape index (κ1) is 17.7. The van der Waals surface area contributed by atoms with Gasteiger partial charge in [0.25, 0.3) is 5.91 Å². The lowest BCUT2D eigenvalue weighted by Crippen LogP contribution is -2.27. The number of hydrogen-bond donors (Lipinski definition) is 1. The van der Waals surface area contributed by atoms with Gasteiger partial charge in [-0.2, -0.15) is 0 Å². The molecule has 1 amide bonds. The standard InChI is InChI=1S/C20H21N7O2/c28-20(21-7-8-27-18-4-2-1-3-16(18)24-25-27)14-11-17-19(22-12-14)26(13-23-17)15-5-9-29-10-6-15/h1-4,11-13,15H,5-10H2,(H,21,28). The maximum Gasteiger partial charge on any atom is 0.252 e. The van der Waals surface area contributed by atoms with Gasteiger partial charge >= 0.3 is 0 Å². The minimum atomic E-state index is -0.176. The summed E-state index contributed by atoms with van der Waals surface area (Å²) in [6.07, 6.45) is 5.32. The largest absolute Gasteiger partial charge is 0.381 e. The Kier molecular flexibility index (Phi) is 4.65. The Balaban J connectivity index is 1.26. The molecule has 0 unspecified atom stereocenters. The summed E-state index contributed by atoms with van der Waals surface area (Å²) in [6, 6.07) is 9.88. The summed E-state index contributed by atoms with van der Waals surface area (Å²) < 4.78 is 9.31. The van der Waals surface area contributed by atoms with Crippen LogP contribution < -0.4 is 5.32 Å². The van der Waals surface area contributed by atoms with Crippen LogP contribution in [0.2, 0.25) is 0 Å². The third-order valence-corrected chi connectivity index (χ3v) is 5.29. The van der Waals surface area contributed by atoms with Crippen molar-refractivity contribution in [1.29, 1.82) is 0 Å². The van der Waals surface area contributed by atoms with Crippen molar-refractivity contribution in [3.8, 4) is 0 Å². The van der Waals surface area contributed by atoms with E-state index in [0.717, 1.165) is 48.3 Å². The number of nitrogens with one attached hydrogen (secondary N) is 1. The van der Waals surface area contributed by atoms with E-state index in [2.05, 4.69) is 30.2 Å². The Labute approximate surface area is 166 Å². The molecule has 1 fully saturated rings. The fourth-order valence-electron chi connectivity index (χ4n) is 3.73. The van der Waals surface area contributed by atoms with Crippen LogP contribution in [0.4, 0.5) is 0 Å². The number of benzene rings is 1. The SMILES string of the molecule is O=C(NCCn1nnc2ccccc21)c1cnc2c(c1)ncn2C1CCOCC1. The number of amides is 1. The number of nitrogens with zero attached hydrogens (tertiary/aromatic N) is 6. The first-order chi connectivity index (χ1) is 14.3. The second-order valence-corrected chi connectivity index (χ2v) is 7.12. The summed E-state index contributed by atoms with van der Waals surface area (Å²) in [5.41, 5.74) is 3.82. The number of pyridine rings is 1. The second-order valence-electron chi connectivity index (χ2n) is 7.12. The molecule has 29 heavy (non-hydrogen) atoms. The van der Waals surface area contributed by atoms with E-state index in [1.54, 1.807) is 16.9 Å². The van der Waals surface area contributed by atoms with E-state index in [-0.39, 0.29) is 5.91 Å². The van der Waals surface area contributed by atoms with Gasteiger partial charge in [-0.15, -0.1) is 5.10 Å². The summed E-state index contributed by atoms with van der Waals surface area (Å²) in [4.78, 5) is 21.5. The first-order valence-electron chi connectivity index (χ1n) is 9.76. The lowest BCUT2D eigenvalue weighted by atomic mass is 10.1. The number of para-hydroxylation sites is 1. The van der Waals surface area contributed by atoms with Crippen LogP contribution in [0.15, 0.2) is 42.9 Å². The molecular formula is C20H21N7O2. The Morgan fingerprint density at radius 1 is 1.17 bits per heavy atom. The molecule has 0 bridgehead atoms. The molecule has 4 heterocycles. The molecule has 5 rings (SSSR count). The van der Waals surface area contributed by atoms with Crippen molar-refractivity contribution >= 4 is 28.1 Å². The van der Waals surface area contributed by atoms with E-state index in [9.17, 15) is 4.79 Å². The van der Waals surface area contributed by atoms with Crippen LogP contribution in [-0.2, 0) is 11.3 Å². The van der Waals surface area contributed by atoms with Crippen molar-refractivity contribution in [2.45, 2.75) is 25.4 Å². The van der Waals surface area contributed by atoms with E-state index in [1.807, 2.05) is 30.6 Å². The van der Waals surface area contributed by atoms with Crippen LogP contribution >= 0.6 is 0 Å². The van der Waals surface area contributed by atoms with Crippen LogP contribution in [0.25, 0.3) is 22.2 Å². The number of ether oxygens (including phenoxy) is 1. The number of hydrogen-bond acceptors (Lipinski definition) is 6. The highest BCUT2D eigenvalue weighted by molar-refractivity contribution is 5.96. The average Bonchev–Trinajstić information content (AvgIpc) is 3.38. The number of imidazole rings is 1. The normalized spacial score (nSPS) is 15.2. The molecular weight excluding hydrogens is 370 g/mol. The first-order valence-corrected chi connectivity index (χ1v) is 9.76. The maximum atomic E-state index is 12.5. The number of rotatable bonds is 5. The molecule has 1 saturated heterocycles. The molecule has 148 valence electrons. The highest BCUT2D eigenvalue weighted by Crippen LogP contribution is 2.24. The summed E-state index contributed by atoms with van der Waals surface area (Å²) in [6.45, 7) is 2.50. The highest BCUT2D eigenvalue weighted by Gasteiger charge is 2.19. The van der Waals surface area contributed by atoms with E-state index in [0.29, 0.717) is 24.7 Å². The zero-order valence-electron chi connectivity index (χ0n) is 15.9. The van der Waals surface area contributed by atoms with Gasteiger partial charge in [0.1, 0.15) is 11.0 Å². The molecule has 0 saturated carbocycles. The van der Waals surface area contributed by atoms with Crippen molar-refractivity contribution in [2.24, 2.45) is 0 Å². The Morgan fingerprint density at radius 2 is 2.03 bits per heavy atom. The highest BCUT2D eigenvalue weighted by atomic mass is 16.5. The summed E-state index contributed by atoms with van der Waals surface area (Å²) in [7, 11) is 0. The van der Waals surface area contributed by atoms with Crippen LogP contribution in [0.1, 0.15) is 29.2 Å². The van der Waals surface area contributed by atoms with Crippen molar-refractivity contribution < 1.29 is 9.53 Å². The molecule has 1 N–H and O–H groups in total. The van der Waals surface area contributed by atoms with Gasteiger partial charge in [-0.3, -0.25) is 4.79 Å². The molecule has 0 atom stereocenters. The predicted molar refractivity (Wildman–Crippen MR) is 106 cm³/mol. The van der Waals surface area contributed by atoms with Gasteiger partial charge in [-0.25, -0.2) is 14.6 Å². The average molecular weight is 391 g/mol. The van der Waals surface area contributed by atoms with E-state index >= 15 is 0 Å². The summed E-state index contributed by atoms with van der Waals surface area (Å²) in [5.74, 6) is -0.176. The zero-order chi connectivity index (χ0) is 19.6. The lowest BCUT2D eigenvalue weighted by molar-refractivity contribution is 0.0704. The fourth-order valence-corrected chi connectivity index (χ4v) is 3.73. The molecule has 1 aromatic carbocycles. The van der Waals surface area contributed by atoms with E-state index < -0.39 is 0 Å². The van der Waals surface area contributed by atoms with Crippen molar-refractivity contribution in [3.05, 3.63) is 48.4 Å². The maximum absolute atomic E-state index is 12.5. The van der Waals surface area contributed by atoms with E-state index in [4.69, 9.17) is 4.74 Å². The quantitative estimate of drug-likeness (QED) is 0.558. The second kappa shape index (κ2) is 7.59. The predicted octanol–water partition coefficient (Wildman–Crippen LogP) is 1.96. The minimum absolute atomic E-state index is 0.176. The Bertz CT molecular complexity index is 1160. The minimum Gasteiger partial charge on any atom is -0.381 e. The number of carbonyl (C=O) groups excluding carboxylic acids is 1. The van der Waals surface area contributed by atoms with Gasteiger partial charge in [0.2, 0.25) is 0 Å². The van der Waals surface area contributed by atoms with Crippen molar-refractivity contribution in [3.63, 3.8) is 0 Å². The molecule has 9 nitrogen and oxygen atoms in total. The van der Waals surface area contributed by atoms with Crippen LogP contribution in [0, 0.1) is 0 Å². The van der Waals surface area contributed by atoms with Gasteiger partial charge in [0, 0.05) is 32.0 Å². The lowest BCUT2D eigenvalue weighted by Gasteiger charge is -2.23. The summed E-state index contributed by atoms with van der Waals surface area (Å²) in [5, 5.41) is 11.2. The fraction of sp³-hybridized carbons (Fsp3) is 0.350. The third kappa shape index (κ3) is 3.44. The molecule has 1 aliphatic heterocycles. The third-order valence-electron chi connectivity index (χ3n) is 5.29. The molecule has 3 aromatic heterocycles. The monoisotopic (exact) mass is 391 g/mol. The Hall–Kier alpha value is -3.33. The Morgan fingerprint density at radius 3 is 2.93 bits per heavy atom. The molecule has 1 aliphatic rings. The van der Waals surface area contributed by atoms with Crippen LogP contribution in [0.5, 0.6) is 0 Å².